The predicted molar refractivity (Wildman–Crippen MR) is 91.0 cm³/mol. The van der Waals surface area contributed by atoms with Crippen LogP contribution in [0.15, 0.2) is 35.5 Å². The van der Waals surface area contributed by atoms with Gasteiger partial charge >= 0.3 is 0 Å². The molecule has 2 aromatic rings. The Labute approximate surface area is 140 Å². The Morgan fingerprint density at radius 2 is 2.04 bits per heavy atom. The molecule has 1 unspecified atom stereocenters. The van der Waals surface area contributed by atoms with Gasteiger partial charge < -0.3 is 0 Å². The number of rotatable bonds is 7. The van der Waals surface area contributed by atoms with Crippen LogP contribution >= 0.6 is 11.8 Å². The predicted octanol–water partition coefficient (Wildman–Crippen LogP) is 3.03. The number of amides is 1. The van der Waals surface area contributed by atoms with Crippen LogP contribution in [0.1, 0.15) is 26.3 Å². The average Bonchev–Trinajstić information content (AvgIpc) is 3.02. The van der Waals surface area contributed by atoms with Crippen LogP contribution in [0.2, 0.25) is 0 Å². The summed E-state index contributed by atoms with van der Waals surface area (Å²) in [6, 6.07) is 10.2. The highest BCUT2D eigenvalue weighted by Gasteiger charge is 2.19. The van der Waals surface area contributed by atoms with E-state index in [-0.39, 0.29) is 17.7 Å². The van der Waals surface area contributed by atoms with E-state index >= 15 is 0 Å². The third kappa shape index (κ3) is 4.11. The van der Waals surface area contributed by atoms with E-state index in [0.29, 0.717) is 0 Å². The second kappa shape index (κ2) is 8.12. The van der Waals surface area contributed by atoms with E-state index in [9.17, 15) is 4.79 Å². The Bertz CT molecular complexity index is 645. The fourth-order valence-corrected chi connectivity index (χ4v) is 3.00. The Morgan fingerprint density at radius 1 is 1.35 bits per heavy atom. The van der Waals surface area contributed by atoms with Gasteiger partial charge in [0.15, 0.2) is 11.0 Å². The molecule has 0 saturated carbocycles. The van der Waals surface area contributed by atoms with Crippen LogP contribution < -0.4 is 0 Å². The van der Waals surface area contributed by atoms with Crippen molar-refractivity contribution in [2.24, 2.45) is 0 Å². The lowest BCUT2D eigenvalue weighted by Crippen LogP contribution is -2.27. The second-order valence-corrected chi connectivity index (χ2v) is 6.10. The highest BCUT2D eigenvalue weighted by Crippen LogP contribution is 2.29. The lowest BCUT2D eigenvalue weighted by atomic mass is 10.2. The number of hydrogen-bond donors (Lipinski definition) is 0. The molecule has 0 radical (unpaired) electrons. The molecule has 0 bridgehead atoms. The van der Waals surface area contributed by atoms with Gasteiger partial charge in [0.05, 0.1) is 12.9 Å². The van der Waals surface area contributed by atoms with Gasteiger partial charge in [-0.2, -0.15) is 0 Å². The molecule has 6 nitrogen and oxygen atoms in total. The monoisotopic (exact) mass is 334 g/mol. The molecular weight excluding hydrogens is 312 g/mol. The molecule has 124 valence electrons. The molecule has 23 heavy (non-hydrogen) atoms. The number of carbonyl (C=O) groups excluding carboxylic acids is 1. The average molecular weight is 334 g/mol. The fourth-order valence-electron chi connectivity index (χ4n) is 2.06. The quantitative estimate of drug-likeness (QED) is 0.575. The first-order chi connectivity index (χ1) is 11.1. The largest absolute Gasteiger partial charge is 0.299 e. The summed E-state index contributed by atoms with van der Waals surface area (Å²) in [5, 5.41) is 10.6. The molecule has 2 rings (SSSR count). The van der Waals surface area contributed by atoms with Crippen molar-refractivity contribution in [1.82, 2.24) is 19.8 Å². The first-order valence-corrected chi connectivity index (χ1v) is 8.50. The zero-order chi connectivity index (χ0) is 16.8. The fraction of sp³-hybridized carbons (Fsp3) is 0.438. The maximum atomic E-state index is 11.9. The summed E-state index contributed by atoms with van der Waals surface area (Å²) < 4.78 is 2.10. The van der Waals surface area contributed by atoms with Crippen molar-refractivity contribution in [3.05, 3.63) is 30.3 Å². The number of aromatic nitrogens is 3. The summed E-state index contributed by atoms with van der Waals surface area (Å²) in [6.45, 7) is 4.25. The normalized spacial score (nSPS) is 12.2. The molecule has 1 heterocycles. The molecule has 7 heteroatoms. The van der Waals surface area contributed by atoms with Gasteiger partial charge in [-0.3, -0.25) is 14.2 Å². The molecule has 0 saturated heterocycles. The summed E-state index contributed by atoms with van der Waals surface area (Å²) in [7, 11) is 3.06. The van der Waals surface area contributed by atoms with Crippen molar-refractivity contribution < 1.29 is 9.63 Å². The van der Waals surface area contributed by atoms with E-state index < -0.39 is 0 Å². The van der Waals surface area contributed by atoms with Crippen LogP contribution in [0.5, 0.6) is 0 Å². The molecule has 1 amide bonds. The summed E-state index contributed by atoms with van der Waals surface area (Å²) in [5.74, 6) is 0.973. The highest BCUT2D eigenvalue weighted by atomic mass is 32.2. The first-order valence-electron chi connectivity index (χ1n) is 7.52. The van der Waals surface area contributed by atoms with E-state index in [4.69, 9.17) is 4.84 Å². The Kier molecular flexibility index (Phi) is 6.18. The lowest BCUT2D eigenvalue weighted by molar-refractivity contribution is -0.165. The second-order valence-electron chi connectivity index (χ2n) is 5.16. The minimum absolute atomic E-state index is 0.113. The zero-order valence-electron chi connectivity index (χ0n) is 13.9. The van der Waals surface area contributed by atoms with Gasteiger partial charge in [0.25, 0.3) is 5.91 Å². The number of carbonyl (C=O) groups is 1. The van der Waals surface area contributed by atoms with E-state index in [0.717, 1.165) is 23.0 Å². The maximum absolute atomic E-state index is 11.9. The molecule has 1 aromatic heterocycles. The van der Waals surface area contributed by atoms with Crippen molar-refractivity contribution >= 4 is 17.7 Å². The van der Waals surface area contributed by atoms with Crippen LogP contribution in [0, 0.1) is 0 Å². The van der Waals surface area contributed by atoms with Crippen molar-refractivity contribution in [1.29, 1.82) is 0 Å². The third-order valence-electron chi connectivity index (χ3n) is 3.68. The number of nitrogens with zero attached hydrogens (tertiary/aromatic N) is 4. The number of thioether (sulfide) groups is 1. The maximum Gasteiger partial charge on any atom is 0.256 e. The van der Waals surface area contributed by atoms with Crippen molar-refractivity contribution in [2.75, 3.05) is 19.9 Å². The van der Waals surface area contributed by atoms with Gasteiger partial charge in [-0.25, -0.2) is 5.06 Å². The first kappa shape index (κ1) is 17.5. The molecule has 0 spiro atoms. The number of hydrogen-bond acceptors (Lipinski definition) is 5. The number of benzene rings is 1. The summed E-state index contributed by atoms with van der Waals surface area (Å²) in [6.07, 6.45) is 0.956. The molecule has 1 aromatic carbocycles. The zero-order valence-corrected chi connectivity index (χ0v) is 14.7. The summed E-state index contributed by atoms with van der Waals surface area (Å²) >= 11 is 1.38. The lowest BCUT2D eigenvalue weighted by Gasteiger charge is -2.17. The van der Waals surface area contributed by atoms with Crippen LogP contribution in [-0.2, 0) is 9.63 Å². The van der Waals surface area contributed by atoms with Crippen LogP contribution in [0.4, 0.5) is 0 Å². The molecule has 0 aliphatic heterocycles. The van der Waals surface area contributed by atoms with Gasteiger partial charge in [-0.15, -0.1) is 10.2 Å². The van der Waals surface area contributed by atoms with Crippen molar-refractivity contribution in [3.8, 4) is 11.4 Å². The van der Waals surface area contributed by atoms with Crippen molar-refractivity contribution in [3.63, 3.8) is 0 Å². The molecular formula is C16H22N4O2S. The van der Waals surface area contributed by atoms with Gasteiger partial charge in [0.1, 0.15) is 0 Å². The van der Waals surface area contributed by atoms with Crippen LogP contribution in [-0.4, -0.2) is 45.6 Å². The van der Waals surface area contributed by atoms with Crippen LogP contribution in [0.3, 0.4) is 0 Å². The Hall–Kier alpha value is -1.86. The third-order valence-corrected chi connectivity index (χ3v) is 4.61. The summed E-state index contributed by atoms with van der Waals surface area (Å²) in [5.41, 5.74) is 1.02. The molecule has 0 aliphatic rings. The Balaban J connectivity index is 2.27. The topological polar surface area (TPSA) is 60.2 Å². The van der Waals surface area contributed by atoms with Crippen molar-refractivity contribution in [2.45, 2.75) is 31.5 Å². The smallest absolute Gasteiger partial charge is 0.256 e. The number of hydroxylamine groups is 2. The summed E-state index contributed by atoms with van der Waals surface area (Å²) in [4.78, 5) is 16.8. The minimum Gasteiger partial charge on any atom is -0.299 e. The molecule has 1 atom stereocenters. The van der Waals surface area contributed by atoms with Gasteiger partial charge in [-0.1, -0.05) is 49.0 Å². The van der Waals surface area contributed by atoms with Gasteiger partial charge in [-0.05, 0) is 13.3 Å². The highest BCUT2D eigenvalue weighted by molar-refractivity contribution is 7.99. The minimum atomic E-state index is -0.113. The van der Waals surface area contributed by atoms with E-state index in [2.05, 4.69) is 28.6 Å². The standard InChI is InChI=1S/C16H22N4O2S/c1-5-12(2)20-15(13-9-7-6-8-10-13)17-18-16(20)23-11-14(21)19(3)22-4/h6-10,12H,5,11H2,1-4H3. The Morgan fingerprint density at radius 3 is 2.65 bits per heavy atom. The molecule has 0 fully saturated rings. The van der Waals surface area contributed by atoms with Gasteiger partial charge in [0.2, 0.25) is 0 Å². The molecule has 0 N–H and O–H groups in total. The van der Waals surface area contributed by atoms with E-state index in [1.807, 2.05) is 30.3 Å². The molecule has 0 aliphatic carbocycles. The SMILES string of the molecule is CCC(C)n1c(SCC(=O)N(C)OC)nnc1-c1ccccc1. The van der Waals surface area contributed by atoms with E-state index in [1.165, 1.54) is 23.9 Å². The van der Waals surface area contributed by atoms with E-state index in [1.54, 1.807) is 7.05 Å². The van der Waals surface area contributed by atoms with Gasteiger partial charge in [0, 0.05) is 18.7 Å². The van der Waals surface area contributed by atoms with Crippen LogP contribution in [0.25, 0.3) is 11.4 Å².